The van der Waals surface area contributed by atoms with E-state index in [0.29, 0.717) is 5.92 Å². The van der Waals surface area contributed by atoms with Crippen LogP contribution in [0.2, 0.25) is 5.02 Å². The SMILES string of the molecule is CCCC(C)c1cc(C)cc(Cl)c1. The van der Waals surface area contributed by atoms with Crippen LogP contribution in [0.1, 0.15) is 43.7 Å². The van der Waals surface area contributed by atoms with Crippen molar-refractivity contribution in [3.63, 3.8) is 0 Å². The van der Waals surface area contributed by atoms with Gasteiger partial charge in [0.15, 0.2) is 0 Å². The third kappa shape index (κ3) is 3.04. The van der Waals surface area contributed by atoms with Gasteiger partial charge in [0.1, 0.15) is 0 Å². The Morgan fingerprint density at radius 1 is 1.31 bits per heavy atom. The van der Waals surface area contributed by atoms with Gasteiger partial charge in [0.25, 0.3) is 0 Å². The zero-order valence-corrected chi connectivity index (χ0v) is 9.36. The fraction of sp³-hybridized carbons (Fsp3) is 0.500. The third-order valence-electron chi connectivity index (χ3n) is 2.36. The summed E-state index contributed by atoms with van der Waals surface area (Å²) in [6.07, 6.45) is 2.46. The molecule has 0 aliphatic rings. The molecule has 0 aliphatic heterocycles. The van der Waals surface area contributed by atoms with E-state index in [2.05, 4.69) is 32.9 Å². The predicted molar refractivity (Wildman–Crippen MR) is 59.5 cm³/mol. The van der Waals surface area contributed by atoms with Crippen molar-refractivity contribution in [2.75, 3.05) is 0 Å². The minimum atomic E-state index is 0.627. The first-order valence-corrected chi connectivity index (χ1v) is 5.28. The monoisotopic (exact) mass is 196 g/mol. The van der Waals surface area contributed by atoms with Gasteiger partial charge in [-0.05, 0) is 42.5 Å². The molecule has 1 aromatic rings. The van der Waals surface area contributed by atoms with Crippen LogP contribution in [0, 0.1) is 6.92 Å². The molecule has 1 atom stereocenters. The lowest BCUT2D eigenvalue weighted by Gasteiger charge is -2.11. The molecule has 0 nitrogen and oxygen atoms in total. The molecule has 0 saturated carbocycles. The molecule has 0 aliphatic carbocycles. The largest absolute Gasteiger partial charge is 0.0843 e. The Balaban J connectivity index is 2.87. The van der Waals surface area contributed by atoms with Gasteiger partial charge in [-0.1, -0.05) is 37.9 Å². The van der Waals surface area contributed by atoms with Crippen molar-refractivity contribution in [3.05, 3.63) is 34.3 Å². The summed E-state index contributed by atoms with van der Waals surface area (Å²) < 4.78 is 0. The Hall–Kier alpha value is -0.490. The summed E-state index contributed by atoms with van der Waals surface area (Å²) in [5, 5.41) is 0.859. The number of benzene rings is 1. The molecule has 1 aromatic carbocycles. The van der Waals surface area contributed by atoms with Crippen LogP contribution in [0.5, 0.6) is 0 Å². The first-order valence-electron chi connectivity index (χ1n) is 4.90. The topological polar surface area (TPSA) is 0 Å². The standard InChI is InChI=1S/C12H17Cl/c1-4-5-10(3)11-6-9(2)7-12(13)8-11/h6-8,10H,4-5H2,1-3H3. The summed E-state index contributed by atoms with van der Waals surface area (Å²) in [7, 11) is 0. The summed E-state index contributed by atoms with van der Waals surface area (Å²) in [6, 6.07) is 6.31. The van der Waals surface area contributed by atoms with E-state index in [-0.39, 0.29) is 0 Å². The molecular formula is C12H17Cl. The molecule has 0 amide bonds. The fourth-order valence-electron chi connectivity index (χ4n) is 1.65. The van der Waals surface area contributed by atoms with Crippen LogP contribution in [-0.2, 0) is 0 Å². The van der Waals surface area contributed by atoms with E-state index >= 15 is 0 Å². The maximum Gasteiger partial charge on any atom is 0.0411 e. The van der Waals surface area contributed by atoms with Crippen LogP contribution in [-0.4, -0.2) is 0 Å². The maximum absolute atomic E-state index is 5.99. The van der Waals surface area contributed by atoms with E-state index in [1.807, 2.05) is 6.07 Å². The van der Waals surface area contributed by atoms with Gasteiger partial charge in [-0.25, -0.2) is 0 Å². The molecule has 0 spiro atoms. The zero-order valence-electron chi connectivity index (χ0n) is 8.60. The van der Waals surface area contributed by atoms with E-state index < -0.39 is 0 Å². The van der Waals surface area contributed by atoms with Gasteiger partial charge >= 0.3 is 0 Å². The number of aryl methyl sites for hydroxylation is 1. The lowest BCUT2D eigenvalue weighted by Crippen LogP contribution is -1.93. The first-order chi connectivity index (χ1) is 6.13. The predicted octanol–water partition coefficient (Wildman–Crippen LogP) is 4.55. The molecule has 1 rings (SSSR count). The summed E-state index contributed by atoms with van der Waals surface area (Å²) in [4.78, 5) is 0. The molecule has 0 fully saturated rings. The fourth-order valence-corrected chi connectivity index (χ4v) is 1.95. The molecule has 13 heavy (non-hydrogen) atoms. The zero-order chi connectivity index (χ0) is 9.84. The van der Waals surface area contributed by atoms with Gasteiger partial charge < -0.3 is 0 Å². The molecule has 0 radical (unpaired) electrons. The molecule has 0 heterocycles. The molecule has 0 bridgehead atoms. The van der Waals surface area contributed by atoms with E-state index in [4.69, 9.17) is 11.6 Å². The van der Waals surface area contributed by atoms with Crippen molar-refractivity contribution in [1.29, 1.82) is 0 Å². The van der Waals surface area contributed by atoms with Crippen LogP contribution in [0.4, 0.5) is 0 Å². The van der Waals surface area contributed by atoms with Crippen molar-refractivity contribution >= 4 is 11.6 Å². The highest BCUT2D eigenvalue weighted by atomic mass is 35.5. The van der Waals surface area contributed by atoms with Crippen LogP contribution in [0.25, 0.3) is 0 Å². The lowest BCUT2D eigenvalue weighted by molar-refractivity contribution is 0.664. The second-order valence-corrected chi connectivity index (χ2v) is 4.19. The molecule has 0 aromatic heterocycles. The normalized spacial score (nSPS) is 12.9. The number of halogens is 1. The van der Waals surface area contributed by atoms with Crippen molar-refractivity contribution in [1.82, 2.24) is 0 Å². The molecular weight excluding hydrogens is 180 g/mol. The minimum Gasteiger partial charge on any atom is -0.0843 e. The van der Waals surface area contributed by atoms with Gasteiger partial charge in [0, 0.05) is 5.02 Å². The van der Waals surface area contributed by atoms with E-state index in [1.165, 1.54) is 24.0 Å². The quantitative estimate of drug-likeness (QED) is 0.665. The molecule has 1 unspecified atom stereocenters. The highest BCUT2D eigenvalue weighted by molar-refractivity contribution is 6.30. The second-order valence-electron chi connectivity index (χ2n) is 3.75. The lowest BCUT2D eigenvalue weighted by atomic mass is 9.95. The van der Waals surface area contributed by atoms with Crippen molar-refractivity contribution in [3.8, 4) is 0 Å². The highest BCUT2D eigenvalue weighted by Crippen LogP contribution is 2.24. The van der Waals surface area contributed by atoms with Gasteiger partial charge in [-0.3, -0.25) is 0 Å². The molecule has 72 valence electrons. The van der Waals surface area contributed by atoms with Crippen LogP contribution >= 0.6 is 11.6 Å². The Labute approximate surface area is 85.9 Å². The van der Waals surface area contributed by atoms with Gasteiger partial charge in [-0.15, -0.1) is 0 Å². The summed E-state index contributed by atoms with van der Waals surface area (Å²) in [5.41, 5.74) is 2.62. The Bertz CT molecular complexity index is 258. The third-order valence-corrected chi connectivity index (χ3v) is 2.57. The van der Waals surface area contributed by atoms with E-state index in [0.717, 1.165) is 5.02 Å². The van der Waals surface area contributed by atoms with Crippen molar-refractivity contribution in [2.24, 2.45) is 0 Å². The Morgan fingerprint density at radius 2 is 2.00 bits per heavy atom. The summed E-state index contributed by atoms with van der Waals surface area (Å²) in [6.45, 7) is 6.57. The first kappa shape index (κ1) is 10.6. The van der Waals surface area contributed by atoms with Gasteiger partial charge in [0.2, 0.25) is 0 Å². The van der Waals surface area contributed by atoms with Crippen LogP contribution in [0.3, 0.4) is 0 Å². The van der Waals surface area contributed by atoms with Crippen LogP contribution < -0.4 is 0 Å². The number of hydrogen-bond acceptors (Lipinski definition) is 0. The average molecular weight is 197 g/mol. The molecule has 0 N–H and O–H groups in total. The van der Waals surface area contributed by atoms with Gasteiger partial charge in [0.05, 0.1) is 0 Å². The Morgan fingerprint density at radius 3 is 2.54 bits per heavy atom. The molecule has 1 heteroatoms. The summed E-state index contributed by atoms with van der Waals surface area (Å²) >= 11 is 5.99. The smallest absolute Gasteiger partial charge is 0.0411 e. The highest BCUT2D eigenvalue weighted by Gasteiger charge is 2.05. The summed E-state index contributed by atoms with van der Waals surface area (Å²) in [5.74, 6) is 0.627. The van der Waals surface area contributed by atoms with Gasteiger partial charge in [-0.2, -0.15) is 0 Å². The number of rotatable bonds is 3. The minimum absolute atomic E-state index is 0.627. The second kappa shape index (κ2) is 4.66. The number of hydrogen-bond donors (Lipinski definition) is 0. The van der Waals surface area contributed by atoms with Crippen LogP contribution in [0.15, 0.2) is 18.2 Å². The van der Waals surface area contributed by atoms with Crippen molar-refractivity contribution in [2.45, 2.75) is 39.5 Å². The average Bonchev–Trinajstić information content (AvgIpc) is 2.03. The van der Waals surface area contributed by atoms with Crippen molar-refractivity contribution < 1.29 is 0 Å². The van der Waals surface area contributed by atoms with E-state index in [1.54, 1.807) is 0 Å². The molecule has 0 saturated heterocycles. The van der Waals surface area contributed by atoms with E-state index in [9.17, 15) is 0 Å². The Kier molecular flexibility index (Phi) is 3.80. The maximum atomic E-state index is 5.99.